The Kier molecular flexibility index (Phi) is 15.1. The summed E-state index contributed by atoms with van der Waals surface area (Å²) >= 11 is 0. The predicted molar refractivity (Wildman–Crippen MR) is 220 cm³/mol. The summed E-state index contributed by atoms with van der Waals surface area (Å²) in [6, 6.07) is 0. The van der Waals surface area contributed by atoms with Gasteiger partial charge in [-0.1, -0.05) is 27.7 Å². The van der Waals surface area contributed by atoms with Crippen LogP contribution >= 0.6 is 0 Å². The predicted octanol–water partition coefficient (Wildman–Crippen LogP) is -2.81. The van der Waals surface area contributed by atoms with Crippen LogP contribution in [0.4, 0.5) is 0 Å². The van der Waals surface area contributed by atoms with Crippen molar-refractivity contribution in [1.82, 2.24) is 0 Å². The number of hydrogen-bond donors (Lipinski definition) is 13. The van der Waals surface area contributed by atoms with E-state index in [2.05, 4.69) is 20.8 Å². The van der Waals surface area contributed by atoms with Gasteiger partial charge in [0.25, 0.3) is 0 Å². The van der Waals surface area contributed by atoms with Crippen LogP contribution in [-0.4, -0.2) is 209 Å². The maximum absolute atomic E-state index is 12.1. The monoisotopic (exact) mass is 936 g/mol. The Balaban J connectivity index is 0.885. The number of fused-ring (bicyclic) bond motifs is 7. The van der Waals surface area contributed by atoms with Crippen LogP contribution in [0.3, 0.4) is 0 Å². The molecule has 0 aromatic carbocycles. The van der Waals surface area contributed by atoms with E-state index in [0.717, 1.165) is 32.1 Å². The quantitative estimate of drug-likeness (QED) is 0.0829. The topological polar surface area (TPSA) is 328 Å². The van der Waals surface area contributed by atoms with Crippen LogP contribution in [-0.2, 0) is 33.2 Å². The Morgan fingerprint density at radius 3 is 1.86 bits per heavy atom. The third kappa shape index (κ3) is 8.89. The molecule has 4 aliphatic heterocycles. The Morgan fingerprint density at radius 2 is 1.23 bits per heavy atom. The van der Waals surface area contributed by atoms with Crippen molar-refractivity contribution in [3.8, 4) is 0 Å². The minimum Gasteiger partial charge on any atom is -0.394 e. The summed E-state index contributed by atoms with van der Waals surface area (Å²) in [5, 5.41) is 137. The smallest absolute Gasteiger partial charge is 0.187 e. The van der Waals surface area contributed by atoms with Crippen LogP contribution in [0.25, 0.3) is 0 Å². The van der Waals surface area contributed by atoms with Crippen LogP contribution in [0.5, 0.6) is 0 Å². The van der Waals surface area contributed by atoms with Gasteiger partial charge in [0, 0.05) is 12.3 Å². The molecule has 0 aromatic rings. The molecule has 4 heterocycles. The first-order valence-corrected chi connectivity index (χ1v) is 23.9. The van der Waals surface area contributed by atoms with Crippen molar-refractivity contribution in [3.63, 3.8) is 0 Å². The first-order valence-electron chi connectivity index (χ1n) is 23.9. The van der Waals surface area contributed by atoms with Crippen molar-refractivity contribution in [3.05, 3.63) is 0 Å². The number of aliphatic hydroxyl groups is 13. The van der Waals surface area contributed by atoms with Gasteiger partial charge in [0.05, 0.1) is 44.7 Å². The molecular weight excluding hydrogens is 860 g/mol. The average molecular weight is 937 g/mol. The minimum atomic E-state index is -1.81. The Morgan fingerprint density at radius 1 is 0.646 bits per heavy atom. The highest BCUT2D eigenvalue weighted by atomic mass is 16.8. The number of aliphatic hydroxyl groups excluding tert-OH is 12. The number of rotatable bonds is 13. The van der Waals surface area contributed by atoms with Gasteiger partial charge in [-0.05, 0) is 97.7 Å². The first-order chi connectivity index (χ1) is 30.7. The molecule has 65 heavy (non-hydrogen) atoms. The third-order valence-corrected chi connectivity index (χ3v) is 18.0. The summed E-state index contributed by atoms with van der Waals surface area (Å²) < 4.78 is 41.7. The van der Waals surface area contributed by atoms with E-state index in [-0.39, 0.29) is 47.2 Å². The summed E-state index contributed by atoms with van der Waals surface area (Å²) in [6.07, 6.45) is -18.0. The number of ether oxygens (including phenoxy) is 7. The molecule has 8 fully saturated rings. The van der Waals surface area contributed by atoms with Gasteiger partial charge >= 0.3 is 0 Å². The van der Waals surface area contributed by atoms with E-state index in [4.69, 9.17) is 33.2 Å². The molecule has 0 radical (unpaired) electrons. The van der Waals surface area contributed by atoms with E-state index in [1.54, 1.807) is 0 Å². The molecule has 0 bridgehead atoms. The largest absolute Gasteiger partial charge is 0.394 e. The maximum atomic E-state index is 12.1. The SMILES string of the molecule is C[C@H](CC[C@@]1(O)O[C@H]2CC3C4CC[C@@H]5C[C@@H](O[C@@H]6O[C@H](CO)[C@H](O)[C@H](O)[C@H]6O[C@@H]6O[C@H](CO)[C@@H](O)[C@H](O)[C@H]6O)[C@@H](O)C[C@]5(C)C4CC[C@]3(C)[C@H]2[C@@H]1C)CO[C@@H]1O[C@H](CO)[C@@H](O)[C@H](O)[C@H]1O. The van der Waals surface area contributed by atoms with Crippen LogP contribution in [0.15, 0.2) is 0 Å². The van der Waals surface area contributed by atoms with Crippen LogP contribution in [0.1, 0.15) is 85.5 Å². The summed E-state index contributed by atoms with van der Waals surface area (Å²) in [7, 11) is 0. The van der Waals surface area contributed by atoms with Crippen molar-refractivity contribution in [1.29, 1.82) is 0 Å². The maximum Gasteiger partial charge on any atom is 0.187 e. The lowest BCUT2D eigenvalue weighted by Gasteiger charge is -2.62. The number of hydrogen-bond acceptors (Lipinski definition) is 20. The fourth-order valence-electron chi connectivity index (χ4n) is 14.2. The lowest BCUT2D eigenvalue weighted by atomic mass is 9.44. The molecule has 4 aliphatic carbocycles. The van der Waals surface area contributed by atoms with Crippen molar-refractivity contribution in [2.45, 2.75) is 202 Å². The molecule has 8 aliphatic rings. The summed E-state index contributed by atoms with van der Waals surface area (Å²) in [6.45, 7) is 6.91. The molecule has 20 heteroatoms. The van der Waals surface area contributed by atoms with Gasteiger partial charge in [-0.2, -0.15) is 0 Å². The summed E-state index contributed by atoms with van der Waals surface area (Å²) in [4.78, 5) is 0. The molecule has 8 rings (SSSR count). The Labute approximate surface area is 379 Å². The highest BCUT2D eigenvalue weighted by Gasteiger charge is 2.69. The summed E-state index contributed by atoms with van der Waals surface area (Å²) in [5.41, 5.74) is -0.302. The van der Waals surface area contributed by atoms with Gasteiger partial charge in [0.2, 0.25) is 0 Å². The van der Waals surface area contributed by atoms with Crippen molar-refractivity contribution in [2.24, 2.45) is 52.3 Å². The molecule has 0 aromatic heterocycles. The van der Waals surface area contributed by atoms with Gasteiger partial charge in [-0.15, -0.1) is 0 Å². The molecule has 28 atom stereocenters. The van der Waals surface area contributed by atoms with Gasteiger partial charge in [-0.3, -0.25) is 0 Å². The second-order valence-corrected chi connectivity index (χ2v) is 21.6. The van der Waals surface area contributed by atoms with Gasteiger partial charge < -0.3 is 99.5 Å². The van der Waals surface area contributed by atoms with E-state index in [9.17, 15) is 66.4 Å². The third-order valence-electron chi connectivity index (χ3n) is 18.0. The van der Waals surface area contributed by atoms with E-state index >= 15 is 0 Å². The van der Waals surface area contributed by atoms with Crippen LogP contribution < -0.4 is 0 Å². The molecule has 13 N–H and O–H groups in total. The molecule has 4 saturated heterocycles. The molecular formula is C45H76O20. The summed E-state index contributed by atoms with van der Waals surface area (Å²) in [5.74, 6) is -0.194. The van der Waals surface area contributed by atoms with Gasteiger partial charge in [-0.25, -0.2) is 0 Å². The highest BCUT2D eigenvalue weighted by molar-refractivity contribution is 5.15. The second-order valence-electron chi connectivity index (χ2n) is 21.6. The standard InChI is InChI=1S/C45H76O20/c1-18(17-59-40-37(56)34(53)31(50)27(14-46)61-40)7-10-45(58)19(2)30-26(65-45)12-23-21-6-5-20-11-25(24(49)13-44(20,4)22(21)8-9-43(23,30)3)60-42-39(36(55)33(52)29(16-48)63-42)64-41-38(57)35(54)32(51)28(15-47)62-41/h18-42,46-58H,5-17H2,1-4H3/t18-,19+,20-,21?,22?,23?,24+,25-,26+,27-,28-,29-,30+,31-,32-,33+,34+,35+,36+,37-,38-,39-,40-,41+,42-,43+,44+,45-/m1/s1. The van der Waals surface area contributed by atoms with Crippen molar-refractivity contribution >= 4 is 0 Å². The Hall–Kier alpha value is -0.800. The van der Waals surface area contributed by atoms with E-state index in [0.29, 0.717) is 43.4 Å². The normalized spacial score (nSPS) is 56.1. The zero-order valence-electron chi connectivity index (χ0n) is 37.8. The lowest BCUT2D eigenvalue weighted by molar-refractivity contribution is -0.376. The molecule has 4 saturated carbocycles. The molecule has 0 amide bonds. The van der Waals surface area contributed by atoms with Gasteiger partial charge in [0.15, 0.2) is 24.7 Å². The highest BCUT2D eigenvalue weighted by Crippen LogP contribution is 2.71. The van der Waals surface area contributed by atoms with E-state index in [1.165, 1.54) is 0 Å². The average Bonchev–Trinajstić information content (AvgIpc) is 3.72. The van der Waals surface area contributed by atoms with Gasteiger partial charge in [0.1, 0.15) is 73.2 Å². The fourth-order valence-corrected chi connectivity index (χ4v) is 14.2. The lowest BCUT2D eigenvalue weighted by Crippen LogP contribution is -2.65. The van der Waals surface area contributed by atoms with Crippen LogP contribution in [0, 0.1) is 52.3 Å². The van der Waals surface area contributed by atoms with Crippen molar-refractivity contribution in [2.75, 3.05) is 26.4 Å². The molecule has 20 nitrogen and oxygen atoms in total. The second kappa shape index (κ2) is 19.4. The van der Waals surface area contributed by atoms with E-state index < -0.39 is 130 Å². The van der Waals surface area contributed by atoms with E-state index in [1.807, 2.05) is 6.92 Å². The van der Waals surface area contributed by atoms with Crippen molar-refractivity contribution < 1.29 is 99.5 Å². The molecule has 0 spiro atoms. The zero-order valence-corrected chi connectivity index (χ0v) is 37.8. The Bertz CT molecular complexity index is 1600. The molecule has 376 valence electrons. The minimum absolute atomic E-state index is 0.0708. The van der Waals surface area contributed by atoms with Crippen LogP contribution in [0.2, 0.25) is 0 Å². The zero-order chi connectivity index (χ0) is 47.1. The molecule has 3 unspecified atom stereocenters. The first kappa shape index (κ1) is 50.6. The fraction of sp³-hybridized carbons (Fsp3) is 1.00.